The Kier molecular flexibility index (Phi) is 6.24. The van der Waals surface area contributed by atoms with Crippen molar-refractivity contribution in [1.29, 1.82) is 0 Å². The Morgan fingerprint density at radius 3 is 2.77 bits per heavy atom. The Morgan fingerprint density at radius 2 is 2.14 bits per heavy atom. The molecule has 0 unspecified atom stereocenters. The van der Waals surface area contributed by atoms with Crippen LogP contribution >= 0.6 is 22.9 Å². The molecule has 118 valence electrons. The van der Waals surface area contributed by atoms with Crippen molar-refractivity contribution in [2.75, 3.05) is 20.8 Å². The Balaban J connectivity index is 1.88. The van der Waals surface area contributed by atoms with E-state index >= 15 is 0 Å². The van der Waals surface area contributed by atoms with Crippen molar-refractivity contribution in [1.82, 2.24) is 5.32 Å². The summed E-state index contributed by atoms with van der Waals surface area (Å²) in [6.07, 6.45) is 0.116. The van der Waals surface area contributed by atoms with Gasteiger partial charge in [0.05, 0.1) is 17.9 Å². The van der Waals surface area contributed by atoms with Crippen LogP contribution in [-0.4, -0.2) is 26.7 Å². The van der Waals surface area contributed by atoms with Crippen LogP contribution in [0.2, 0.25) is 4.34 Å². The third-order valence-corrected chi connectivity index (χ3v) is 4.50. The monoisotopic (exact) mass is 339 g/mol. The molecule has 0 fully saturated rings. The predicted octanol–water partition coefficient (Wildman–Crippen LogP) is 3.46. The minimum absolute atomic E-state index is 0.0574. The molecule has 4 nitrogen and oxygen atoms in total. The molecule has 0 saturated carbocycles. The molecule has 1 aromatic heterocycles. The van der Waals surface area contributed by atoms with Gasteiger partial charge in [-0.3, -0.25) is 4.79 Å². The van der Waals surface area contributed by atoms with Gasteiger partial charge in [-0.2, -0.15) is 0 Å². The number of ether oxygens (including phenoxy) is 2. The fourth-order valence-electron chi connectivity index (χ4n) is 2.04. The maximum atomic E-state index is 12.0. The van der Waals surface area contributed by atoms with Crippen molar-refractivity contribution < 1.29 is 14.3 Å². The smallest absolute Gasteiger partial charge is 0.224 e. The minimum Gasteiger partial charge on any atom is -0.497 e. The molecule has 0 bridgehead atoms. The average Bonchev–Trinajstić information content (AvgIpc) is 2.94. The van der Waals surface area contributed by atoms with Gasteiger partial charge in [0.15, 0.2) is 0 Å². The lowest BCUT2D eigenvalue weighted by atomic mass is 10.1. The highest BCUT2D eigenvalue weighted by atomic mass is 35.5. The molecule has 6 heteroatoms. The van der Waals surface area contributed by atoms with Crippen molar-refractivity contribution in [3.8, 4) is 5.75 Å². The molecule has 1 N–H and O–H groups in total. The van der Waals surface area contributed by atoms with Crippen molar-refractivity contribution in [3.05, 3.63) is 51.2 Å². The second-order valence-electron chi connectivity index (χ2n) is 4.70. The van der Waals surface area contributed by atoms with E-state index in [-0.39, 0.29) is 12.0 Å². The van der Waals surface area contributed by atoms with E-state index in [9.17, 15) is 4.79 Å². The number of benzene rings is 1. The summed E-state index contributed by atoms with van der Waals surface area (Å²) in [5.41, 5.74) is 0.907. The molecule has 2 rings (SSSR count). The molecule has 1 amide bonds. The van der Waals surface area contributed by atoms with Crippen LogP contribution in [0.25, 0.3) is 0 Å². The Morgan fingerprint density at radius 1 is 1.32 bits per heavy atom. The summed E-state index contributed by atoms with van der Waals surface area (Å²) in [7, 11) is 3.22. The summed E-state index contributed by atoms with van der Waals surface area (Å²) < 4.78 is 11.3. The van der Waals surface area contributed by atoms with Crippen molar-refractivity contribution >= 4 is 28.8 Å². The standard InChI is InChI=1S/C16H18ClNO3S/c1-20-12-5-3-4-11(8-12)9-16(19)18-10-13(21-2)14-6-7-15(17)22-14/h3-8,13H,9-10H2,1-2H3,(H,18,19)/t13-/m0/s1. The second-order valence-corrected chi connectivity index (χ2v) is 6.45. The van der Waals surface area contributed by atoms with Gasteiger partial charge in [0.1, 0.15) is 11.9 Å². The lowest BCUT2D eigenvalue weighted by Crippen LogP contribution is -2.30. The van der Waals surface area contributed by atoms with Crippen molar-refractivity contribution in [2.24, 2.45) is 0 Å². The molecule has 0 saturated heterocycles. The topological polar surface area (TPSA) is 47.6 Å². The van der Waals surface area contributed by atoms with Gasteiger partial charge in [0.25, 0.3) is 0 Å². The van der Waals surface area contributed by atoms with E-state index in [0.717, 1.165) is 16.2 Å². The van der Waals surface area contributed by atoms with Gasteiger partial charge in [-0.15, -0.1) is 11.3 Å². The van der Waals surface area contributed by atoms with Crippen molar-refractivity contribution in [2.45, 2.75) is 12.5 Å². The molecule has 1 heterocycles. The number of hydrogen-bond donors (Lipinski definition) is 1. The van der Waals surface area contributed by atoms with Gasteiger partial charge in [0.2, 0.25) is 5.91 Å². The molecule has 2 aromatic rings. The SMILES string of the molecule is COc1cccc(CC(=O)NC[C@H](OC)c2ccc(Cl)s2)c1. The number of halogens is 1. The van der Waals surface area contributed by atoms with E-state index in [0.29, 0.717) is 17.3 Å². The van der Waals surface area contributed by atoms with Crippen LogP contribution in [-0.2, 0) is 16.0 Å². The molecular formula is C16H18ClNO3S. The van der Waals surface area contributed by atoms with Crippen LogP contribution < -0.4 is 10.1 Å². The molecule has 22 heavy (non-hydrogen) atoms. The van der Waals surface area contributed by atoms with Gasteiger partial charge in [-0.25, -0.2) is 0 Å². The second kappa shape index (κ2) is 8.17. The lowest BCUT2D eigenvalue weighted by molar-refractivity contribution is -0.121. The molecule has 0 aliphatic carbocycles. The summed E-state index contributed by atoms with van der Waals surface area (Å²) in [6, 6.07) is 11.2. The van der Waals surface area contributed by atoms with Crippen LogP contribution in [0.4, 0.5) is 0 Å². The molecule has 0 spiro atoms. The molecular weight excluding hydrogens is 322 g/mol. The van der Waals surface area contributed by atoms with Crippen LogP contribution in [0.1, 0.15) is 16.5 Å². The molecule has 1 aromatic carbocycles. The van der Waals surface area contributed by atoms with Gasteiger partial charge < -0.3 is 14.8 Å². The molecule has 0 aliphatic heterocycles. The maximum Gasteiger partial charge on any atom is 0.224 e. The number of rotatable bonds is 7. The predicted molar refractivity (Wildman–Crippen MR) is 88.8 cm³/mol. The minimum atomic E-state index is -0.188. The highest BCUT2D eigenvalue weighted by Gasteiger charge is 2.14. The fraction of sp³-hybridized carbons (Fsp3) is 0.312. The van der Waals surface area contributed by atoms with E-state index in [2.05, 4.69) is 5.32 Å². The number of amides is 1. The first-order chi connectivity index (χ1) is 10.6. The number of carbonyl (C=O) groups is 1. The zero-order valence-electron chi connectivity index (χ0n) is 12.5. The Bertz CT molecular complexity index is 629. The third-order valence-electron chi connectivity index (χ3n) is 3.18. The van der Waals surface area contributed by atoms with Crippen LogP contribution in [0.15, 0.2) is 36.4 Å². The zero-order valence-corrected chi connectivity index (χ0v) is 14.0. The third kappa shape index (κ3) is 4.73. The normalized spacial score (nSPS) is 12.0. The molecule has 0 aliphatic rings. The van der Waals surface area contributed by atoms with Crippen LogP contribution in [0.3, 0.4) is 0 Å². The highest BCUT2D eigenvalue weighted by Crippen LogP contribution is 2.28. The van der Waals surface area contributed by atoms with Gasteiger partial charge >= 0.3 is 0 Å². The van der Waals surface area contributed by atoms with E-state index in [1.807, 2.05) is 36.4 Å². The highest BCUT2D eigenvalue weighted by molar-refractivity contribution is 7.16. The number of methoxy groups -OCH3 is 2. The number of nitrogens with one attached hydrogen (secondary N) is 1. The largest absolute Gasteiger partial charge is 0.497 e. The summed E-state index contributed by atoms with van der Waals surface area (Å²) in [6.45, 7) is 0.413. The first kappa shape index (κ1) is 16.8. The van der Waals surface area contributed by atoms with E-state index in [1.54, 1.807) is 14.2 Å². The first-order valence-electron chi connectivity index (χ1n) is 6.80. The summed E-state index contributed by atoms with van der Waals surface area (Å²) >= 11 is 7.38. The van der Waals surface area contributed by atoms with E-state index in [4.69, 9.17) is 21.1 Å². The van der Waals surface area contributed by atoms with E-state index in [1.165, 1.54) is 11.3 Å². The summed E-state index contributed by atoms with van der Waals surface area (Å²) in [4.78, 5) is 13.0. The maximum absolute atomic E-state index is 12.0. The lowest BCUT2D eigenvalue weighted by Gasteiger charge is -2.14. The first-order valence-corrected chi connectivity index (χ1v) is 7.99. The number of carbonyl (C=O) groups excluding carboxylic acids is 1. The van der Waals surface area contributed by atoms with Crippen LogP contribution in [0, 0.1) is 0 Å². The summed E-state index contributed by atoms with van der Waals surface area (Å²) in [5, 5.41) is 2.89. The quantitative estimate of drug-likeness (QED) is 0.840. The zero-order chi connectivity index (χ0) is 15.9. The van der Waals surface area contributed by atoms with Crippen molar-refractivity contribution in [3.63, 3.8) is 0 Å². The number of thiophene rings is 1. The number of hydrogen-bond acceptors (Lipinski definition) is 4. The molecule has 0 radical (unpaired) electrons. The average molecular weight is 340 g/mol. The van der Waals surface area contributed by atoms with E-state index < -0.39 is 0 Å². The van der Waals surface area contributed by atoms with Crippen LogP contribution in [0.5, 0.6) is 5.75 Å². The molecule has 1 atom stereocenters. The van der Waals surface area contributed by atoms with Gasteiger partial charge in [0, 0.05) is 18.5 Å². The Hall–Kier alpha value is -1.56. The fourth-order valence-corrected chi connectivity index (χ4v) is 3.18. The Labute approximate surface area is 139 Å². The van der Waals surface area contributed by atoms with Gasteiger partial charge in [-0.05, 0) is 29.8 Å². The summed E-state index contributed by atoms with van der Waals surface area (Å²) in [5.74, 6) is 0.686. The van der Waals surface area contributed by atoms with Gasteiger partial charge in [-0.1, -0.05) is 23.7 Å².